The van der Waals surface area contributed by atoms with E-state index in [1.807, 2.05) is 6.07 Å². The third kappa shape index (κ3) is 3.01. The van der Waals surface area contributed by atoms with Gasteiger partial charge in [-0.3, -0.25) is 15.4 Å². The molecule has 2 aromatic rings. The van der Waals surface area contributed by atoms with Crippen molar-refractivity contribution in [2.24, 2.45) is 0 Å². The number of hydrogen-bond donors (Lipinski definition) is 2. The molecule has 0 atom stereocenters. The lowest BCUT2D eigenvalue weighted by molar-refractivity contribution is -0.380. The number of nitro groups is 1. The van der Waals surface area contributed by atoms with E-state index in [0.717, 1.165) is 17.5 Å². The fraction of sp³-hybridized carbons (Fsp3) is 0. The summed E-state index contributed by atoms with van der Waals surface area (Å²) in [7, 11) is 0. The number of carbonyl (C=O) groups excluding carboxylic acids is 1. The van der Waals surface area contributed by atoms with Crippen LogP contribution in [0.25, 0.3) is 0 Å². The Morgan fingerprint density at radius 1 is 1.28 bits per heavy atom. The highest BCUT2D eigenvalue weighted by atomic mass is 32.1. The van der Waals surface area contributed by atoms with Crippen molar-refractivity contribution in [2.75, 3.05) is 10.6 Å². The van der Waals surface area contributed by atoms with Gasteiger partial charge in [0.1, 0.15) is 6.20 Å². The SMILES string of the molecule is O=C(Nc1ccccc1)Nc1ncc([N+](=O)[O-])s1. The van der Waals surface area contributed by atoms with E-state index in [1.54, 1.807) is 24.3 Å². The van der Waals surface area contributed by atoms with E-state index < -0.39 is 11.0 Å². The lowest BCUT2D eigenvalue weighted by Gasteiger charge is -2.04. The van der Waals surface area contributed by atoms with E-state index in [9.17, 15) is 14.9 Å². The summed E-state index contributed by atoms with van der Waals surface area (Å²) in [6.07, 6.45) is 1.10. The van der Waals surface area contributed by atoms with E-state index in [-0.39, 0.29) is 10.1 Å². The van der Waals surface area contributed by atoms with Gasteiger partial charge in [-0.2, -0.15) is 0 Å². The number of nitrogens with zero attached hydrogens (tertiary/aromatic N) is 2. The zero-order valence-corrected chi connectivity index (χ0v) is 9.81. The van der Waals surface area contributed by atoms with Gasteiger partial charge >= 0.3 is 11.0 Å². The molecule has 1 heterocycles. The lowest BCUT2D eigenvalue weighted by Crippen LogP contribution is -2.19. The van der Waals surface area contributed by atoms with Crippen LogP contribution in [0.5, 0.6) is 0 Å². The van der Waals surface area contributed by atoms with Crippen LogP contribution in [0.2, 0.25) is 0 Å². The smallest absolute Gasteiger partial charge is 0.308 e. The monoisotopic (exact) mass is 264 g/mol. The first-order valence-electron chi connectivity index (χ1n) is 4.88. The first-order chi connectivity index (χ1) is 8.65. The summed E-state index contributed by atoms with van der Waals surface area (Å²) in [6, 6.07) is 8.35. The largest absolute Gasteiger partial charge is 0.345 e. The minimum Gasteiger partial charge on any atom is -0.308 e. The van der Waals surface area contributed by atoms with E-state index in [2.05, 4.69) is 15.6 Å². The van der Waals surface area contributed by atoms with Crippen molar-refractivity contribution < 1.29 is 9.72 Å². The maximum atomic E-state index is 11.5. The highest BCUT2D eigenvalue weighted by Gasteiger charge is 2.13. The van der Waals surface area contributed by atoms with Gasteiger partial charge in [-0.1, -0.05) is 18.2 Å². The number of thiazole rings is 1. The number of carbonyl (C=O) groups is 1. The summed E-state index contributed by atoms with van der Waals surface area (Å²) >= 11 is 0.798. The molecule has 0 aliphatic carbocycles. The number of benzene rings is 1. The zero-order chi connectivity index (χ0) is 13.0. The molecule has 7 nitrogen and oxygen atoms in total. The second-order valence-corrected chi connectivity index (χ2v) is 4.22. The number of hydrogen-bond acceptors (Lipinski definition) is 5. The van der Waals surface area contributed by atoms with Crippen molar-refractivity contribution in [1.82, 2.24) is 4.98 Å². The normalized spacial score (nSPS) is 9.78. The predicted octanol–water partition coefficient (Wildman–Crippen LogP) is 2.70. The van der Waals surface area contributed by atoms with Gasteiger partial charge in [0.25, 0.3) is 0 Å². The Bertz CT molecular complexity index is 570. The van der Waals surface area contributed by atoms with Crippen LogP contribution in [0.15, 0.2) is 36.5 Å². The van der Waals surface area contributed by atoms with Crippen molar-refractivity contribution >= 4 is 33.2 Å². The van der Waals surface area contributed by atoms with Gasteiger partial charge in [-0.15, -0.1) is 0 Å². The molecular weight excluding hydrogens is 256 g/mol. The molecule has 1 aromatic carbocycles. The predicted molar refractivity (Wildman–Crippen MR) is 67.9 cm³/mol. The molecule has 0 saturated carbocycles. The molecule has 0 spiro atoms. The fourth-order valence-electron chi connectivity index (χ4n) is 1.19. The Morgan fingerprint density at radius 2 is 2.00 bits per heavy atom. The summed E-state index contributed by atoms with van der Waals surface area (Å²) in [5, 5.41) is 15.5. The molecule has 1 aromatic heterocycles. The second kappa shape index (κ2) is 5.23. The third-order valence-corrected chi connectivity index (χ3v) is 2.79. The van der Waals surface area contributed by atoms with Crippen LogP contribution in [-0.2, 0) is 0 Å². The quantitative estimate of drug-likeness (QED) is 0.657. The van der Waals surface area contributed by atoms with E-state index in [1.165, 1.54) is 0 Å². The molecule has 92 valence electrons. The second-order valence-electron chi connectivity index (χ2n) is 3.21. The molecule has 2 amide bonds. The van der Waals surface area contributed by atoms with Gasteiger partial charge in [0.15, 0.2) is 5.13 Å². The molecule has 0 aliphatic rings. The number of anilines is 2. The van der Waals surface area contributed by atoms with Crippen LogP contribution in [-0.4, -0.2) is 15.9 Å². The Balaban J connectivity index is 1.97. The molecule has 0 saturated heterocycles. The van der Waals surface area contributed by atoms with E-state index >= 15 is 0 Å². The van der Waals surface area contributed by atoms with E-state index in [0.29, 0.717) is 5.69 Å². The van der Waals surface area contributed by atoms with E-state index in [4.69, 9.17) is 0 Å². The Kier molecular flexibility index (Phi) is 3.49. The average Bonchev–Trinajstić information content (AvgIpc) is 2.78. The summed E-state index contributed by atoms with van der Waals surface area (Å²) < 4.78 is 0. The minimum absolute atomic E-state index is 0.120. The maximum absolute atomic E-state index is 11.5. The van der Waals surface area contributed by atoms with Gasteiger partial charge < -0.3 is 5.32 Å². The molecule has 0 unspecified atom stereocenters. The molecule has 0 radical (unpaired) electrons. The molecular formula is C10H8N4O3S. The van der Waals surface area contributed by atoms with Crippen LogP contribution in [0, 0.1) is 10.1 Å². The fourth-order valence-corrected chi connectivity index (χ4v) is 1.82. The van der Waals surface area contributed by atoms with Gasteiger partial charge in [-0.25, -0.2) is 9.78 Å². The van der Waals surface area contributed by atoms with Crippen molar-refractivity contribution in [3.63, 3.8) is 0 Å². The summed E-state index contributed by atoms with van der Waals surface area (Å²) in [5.74, 6) is 0. The number of rotatable bonds is 3. The average molecular weight is 264 g/mol. The van der Waals surface area contributed by atoms with Gasteiger partial charge in [0.2, 0.25) is 0 Å². The first kappa shape index (κ1) is 12.0. The highest BCUT2D eigenvalue weighted by molar-refractivity contribution is 7.18. The van der Waals surface area contributed by atoms with Crippen LogP contribution >= 0.6 is 11.3 Å². The first-order valence-corrected chi connectivity index (χ1v) is 5.70. The molecule has 2 rings (SSSR count). The zero-order valence-electron chi connectivity index (χ0n) is 8.99. The number of amides is 2. The maximum Gasteiger partial charge on any atom is 0.345 e. The van der Waals surface area contributed by atoms with Crippen LogP contribution < -0.4 is 10.6 Å². The van der Waals surface area contributed by atoms with Crippen molar-refractivity contribution in [3.05, 3.63) is 46.6 Å². The number of aromatic nitrogens is 1. The standard InChI is InChI=1S/C10H8N4O3S/c15-9(12-7-4-2-1-3-5-7)13-10-11-6-8(18-10)14(16)17/h1-6H,(H2,11,12,13,15). The van der Waals surface area contributed by atoms with Gasteiger partial charge in [0.05, 0.1) is 4.92 Å². The Labute approximate surface area is 106 Å². The molecule has 2 N–H and O–H groups in total. The minimum atomic E-state index is -0.558. The summed E-state index contributed by atoms with van der Waals surface area (Å²) in [6.45, 7) is 0. The van der Waals surface area contributed by atoms with Gasteiger partial charge in [-0.05, 0) is 23.5 Å². The molecule has 0 aliphatic heterocycles. The summed E-state index contributed by atoms with van der Waals surface area (Å²) in [4.78, 5) is 25.1. The molecule has 8 heteroatoms. The number of urea groups is 1. The molecule has 0 bridgehead atoms. The van der Waals surface area contributed by atoms with Gasteiger partial charge in [0, 0.05) is 5.69 Å². The molecule has 18 heavy (non-hydrogen) atoms. The summed E-state index contributed by atoms with van der Waals surface area (Å²) in [5.41, 5.74) is 0.626. The Morgan fingerprint density at radius 3 is 2.61 bits per heavy atom. The van der Waals surface area contributed by atoms with Crippen LogP contribution in [0.4, 0.5) is 20.6 Å². The number of para-hydroxylation sites is 1. The lowest BCUT2D eigenvalue weighted by atomic mass is 10.3. The Hall–Kier alpha value is -2.48. The van der Waals surface area contributed by atoms with Crippen molar-refractivity contribution in [3.8, 4) is 0 Å². The molecule has 0 fully saturated rings. The van der Waals surface area contributed by atoms with Crippen LogP contribution in [0.1, 0.15) is 0 Å². The topological polar surface area (TPSA) is 97.2 Å². The third-order valence-electron chi connectivity index (χ3n) is 1.93. The number of nitrogens with one attached hydrogen (secondary N) is 2. The van der Waals surface area contributed by atoms with Crippen molar-refractivity contribution in [1.29, 1.82) is 0 Å². The van der Waals surface area contributed by atoms with Crippen LogP contribution in [0.3, 0.4) is 0 Å². The van der Waals surface area contributed by atoms with Crippen molar-refractivity contribution in [2.45, 2.75) is 0 Å². The highest BCUT2D eigenvalue weighted by Crippen LogP contribution is 2.24.